The molecular weight excluding hydrogens is 432 g/mol. The lowest BCUT2D eigenvalue weighted by Crippen LogP contribution is -2.29. The van der Waals surface area contributed by atoms with Crippen LogP contribution in [0.5, 0.6) is 0 Å². The van der Waals surface area contributed by atoms with Crippen LogP contribution < -0.4 is 16.0 Å². The van der Waals surface area contributed by atoms with Crippen molar-refractivity contribution in [3.8, 4) is 11.3 Å². The topological polar surface area (TPSA) is 83.4 Å². The maximum Gasteiger partial charge on any atom is 0.253 e. The molecule has 0 aliphatic rings. The Balaban J connectivity index is 1.58. The number of anilines is 1. The molecule has 1 aromatic heterocycles. The van der Waals surface area contributed by atoms with E-state index in [9.17, 15) is 14.0 Å². The van der Waals surface area contributed by atoms with Crippen LogP contribution in [0.25, 0.3) is 11.3 Å². The number of halogens is 3. The van der Waals surface area contributed by atoms with Crippen LogP contribution in [0, 0.1) is 5.82 Å². The lowest BCUT2D eigenvalue weighted by atomic mass is 10.1. The van der Waals surface area contributed by atoms with E-state index in [1.165, 1.54) is 19.2 Å². The molecule has 3 N–H and O–H groups in total. The predicted octanol–water partition coefficient (Wildman–Crippen LogP) is 4.48. The molecular formula is C21H18Cl2FN3O3. The van der Waals surface area contributed by atoms with Crippen molar-refractivity contribution in [3.63, 3.8) is 0 Å². The lowest BCUT2D eigenvalue weighted by molar-refractivity contribution is -0.115. The van der Waals surface area contributed by atoms with Crippen molar-refractivity contribution in [1.82, 2.24) is 10.6 Å². The summed E-state index contributed by atoms with van der Waals surface area (Å²) in [5.74, 6) is -0.304. The van der Waals surface area contributed by atoms with Gasteiger partial charge >= 0.3 is 0 Å². The average Bonchev–Trinajstić information content (AvgIpc) is 3.19. The summed E-state index contributed by atoms with van der Waals surface area (Å²) >= 11 is 12.2. The van der Waals surface area contributed by atoms with Gasteiger partial charge in [-0.3, -0.25) is 9.59 Å². The number of carbonyl (C=O) groups is 2. The first-order valence-electron chi connectivity index (χ1n) is 8.93. The van der Waals surface area contributed by atoms with Gasteiger partial charge in [0.25, 0.3) is 5.91 Å². The summed E-state index contributed by atoms with van der Waals surface area (Å²) in [6, 6.07) is 12.2. The van der Waals surface area contributed by atoms with E-state index in [1.54, 1.807) is 30.3 Å². The highest BCUT2D eigenvalue weighted by Gasteiger charge is 2.14. The van der Waals surface area contributed by atoms with Crippen LogP contribution in [-0.2, 0) is 11.3 Å². The number of benzene rings is 2. The average molecular weight is 450 g/mol. The molecule has 30 heavy (non-hydrogen) atoms. The monoisotopic (exact) mass is 449 g/mol. The highest BCUT2D eigenvalue weighted by atomic mass is 35.5. The molecule has 0 saturated carbocycles. The maximum absolute atomic E-state index is 13.4. The summed E-state index contributed by atoms with van der Waals surface area (Å²) in [4.78, 5) is 24.1. The van der Waals surface area contributed by atoms with Crippen molar-refractivity contribution in [2.24, 2.45) is 0 Å². The van der Waals surface area contributed by atoms with Gasteiger partial charge in [-0.1, -0.05) is 23.2 Å². The Kier molecular flexibility index (Phi) is 7.10. The van der Waals surface area contributed by atoms with Gasteiger partial charge in [0.05, 0.1) is 29.4 Å². The Morgan fingerprint density at radius 3 is 2.63 bits per heavy atom. The fraction of sp³-hybridized carbons (Fsp3) is 0.143. The number of hydrogen-bond donors (Lipinski definition) is 3. The van der Waals surface area contributed by atoms with Gasteiger partial charge in [-0.2, -0.15) is 0 Å². The molecule has 0 fully saturated rings. The molecule has 0 radical (unpaired) electrons. The fourth-order valence-electron chi connectivity index (χ4n) is 2.75. The third-order valence-corrected chi connectivity index (χ3v) is 4.73. The molecule has 2 aromatic carbocycles. The van der Waals surface area contributed by atoms with Crippen molar-refractivity contribution in [2.75, 3.05) is 18.9 Å². The van der Waals surface area contributed by atoms with E-state index in [0.717, 1.165) is 6.07 Å². The fourth-order valence-corrected chi connectivity index (χ4v) is 3.13. The zero-order chi connectivity index (χ0) is 21.7. The molecule has 0 unspecified atom stereocenters. The number of furan rings is 1. The molecule has 9 heteroatoms. The molecule has 0 bridgehead atoms. The standard InChI is InChI=1S/C21H18Cl2FN3O3/c1-25-21(29)16-9-13(24)3-6-18(16)27-20(28)11-26-10-14-4-7-19(30-14)15-8-12(22)2-5-17(15)23/h2-9,26H,10-11H2,1H3,(H,25,29)(H,27,28). The minimum Gasteiger partial charge on any atom is -0.460 e. The van der Waals surface area contributed by atoms with Crippen LogP contribution in [0.3, 0.4) is 0 Å². The van der Waals surface area contributed by atoms with Crippen LogP contribution >= 0.6 is 23.2 Å². The second-order valence-corrected chi connectivity index (χ2v) is 7.15. The molecule has 0 atom stereocenters. The Morgan fingerprint density at radius 2 is 1.87 bits per heavy atom. The molecule has 0 saturated heterocycles. The summed E-state index contributed by atoms with van der Waals surface area (Å²) in [6.07, 6.45) is 0. The zero-order valence-corrected chi connectivity index (χ0v) is 17.4. The van der Waals surface area contributed by atoms with Gasteiger partial charge in [-0.25, -0.2) is 4.39 Å². The van der Waals surface area contributed by atoms with E-state index in [1.807, 2.05) is 0 Å². The van der Waals surface area contributed by atoms with Gasteiger partial charge in [-0.05, 0) is 48.5 Å². The van der Waals surface area contributed by atoms with Crippen molar-refractivity contribution < 1.29 is 18.4 Å². The van der Waals surface area contributed by atoms with E-state index >= 15 is 0 Å². The number of nitrogens with one attached hydrogen (secondary N) is 3. The molecule has 2 amide bonds. The van der Waals surface area contributed by atoms with Gasteiger partial charge in [0, 0.05) is 17.6 Å². The van der Waals surface area contributed by atoms with Gasteiger partial charge in [0.2, 0.25) is 5.91 Å². The minimum atomic E-state index is -0.571. The third-order valence-electron chi connectivity index (χ3n) is 4.17. The number of rotatable bonds is 7. The summed E-state index contributed by atoms with van der Waals surface area (Å²) in [5.41, 5.74) is 0.935. The minimum absolute atomic E-state index is 0.0416. The molecule has 0 aliphatic heterocycles. The molecule has 3 aromatic rings. The number of carbonyl (C=O) groups excluding carboxylic acids is 2. The van der Waals surface area contributed by atoms with E-state index in [2.05, 4.69) is 16.0 Å². The van der Waals surface area contributed by atoms with Crippen molar-refractivity contribution in [2.45, 2.75) is 6.54 Å². The lowest BCUT2D eigenvalue weighted by Gasteiger charge is -2.10. The van der Waals surface area contributed by atoms with E-state index in [-0.39, 0.29) is 24.3 Å². The summed E-state index contributed by atoms with van der Waals surface area (Å²) in [5, 5.41) is 9.00. The molecule has 1 heterocycles. The van der Waals surface area contributed by atoms with Crippen LogP contribution in [-0.4, -0.2) is 25.4 Å². The number of amides is 2. The van der Waals surface area contributed by atoms with E-state index in [0.29, 0.717) is 27.1 Å². The normalized spacial score (nSPS) is 10.7. The third kappa shape index (κ3) is 5.38. The number of hydrogen-bond acceptors (Lipinski definition) is 4. The zero-order valence-electron chi connectivity index (χ0n) is 15.9. The first-order valence-corrected chi connectivity index (χ1v) is 9.69. The van der Waals surface area contributed by atoms with E-state index in [4.69, 9.17) is 27.6 Å². The Labute approximate surface area is 182 Å². The maximum atomic E-state index is 13.4. The molecule has 0 aliphatic carbocycles. The van der Waals surface area contributed by atoms with Crippen LogP contribution in [0.2, 0.25) is 10.0 Å². The molecule has 6 nitrogen and oxygen atoms in total. The van der Waals surface area contributed by atoms with Crippen LogP contribution in [0.15, 0.2) is 52.9 Å². The van der Waals surface area contributed by atoms with Crippen molar-refractivity contribution in [3.05, 3.63) is 75.7 Å². The molecule has 156 valence electrons. The summed E-state index contributed by atoms with van der Waals surface area (Å²) in [6.45, 7) is 0.246. The summed E-state index contributed by atoms with van der Waals surface area (Å²) in [7, 11) is 1.43. The van der Waals surface area contributed by atoms with E-state index < -0.39 is 17.6 Å². The summed E-state index contributed by atoms with van der Waals surface area (Å²) < 4.78 is 19.2. The van der Waals surface area contributed by atoms with Gasteiger partial charge in [0.1, 0.15) is 17.3 Å². The predicted molar refractivity (Wildman–Crippen MR) is 114 cm³/mol. The van der Waals surface area contributed by atoms with Gasteiger partial charge < -0.3 is 20.4 Å². The molecule has 3 rings (SSSR count). The van der Waals surface area contributed by atoms with Crippen LogP contribution in [0.4, 0.5) is 10.1 Å². The quantitative estimate of drug-likeness (QED) is 0.496. The highest BCUT2D eigenvalue weighted by Crippen LogP contribution is 2.31. The SMILES string of the molecule is CNC(=O)c1cc(F)ccc1NC(=O)CNCc1ccc(-c2cc(Cl)ccc2Cl)o1. The van der Waals surface area contributed by atoms with Crippen molar-refractivity contribution in [1.29, 1.82) is 0 Å². The van der Waals surface area contributed by atoms with Crippen LogP contribution in [0.1, 0.15) is 16.1 Å². The first-order chi connectivity index (χ1) is 14.4. The second-order valence-electron chi connectivity index (χ2n) is 6.31. The van der Waals surface area contributed by atoms with Gasteiger partial charge in [-0.15, -0.1) is 0 Å². The second kappa shape index (κ2) is 9.75. The highest BCUT2D eigenvalue weighted by molar-refractivity contribution is 6.35. The Morgan fingerprint density at radius 1 is 1.07 bits per heavy atom. The first kappa shape index (κ1) is 21.8. The largest absolute Gasteiger partial charge is 0.460 e. The Hall–Kier alpha value is -2.87. The van der Waals surface area contributed by atoms with Crippen molar-refractivity contribution >= 4 is 40.7 Å². The molecule has 0 spiro atoms. The van der Waals surface area contributed by atoms with Gasteiger partial charge in [0.15, 0.2) is 0 Å². The Bertz CT molecular complexity index is 1090. The smallest absolute Gasteiger partial charge is 0.253 e.